The summed E-state index contributed by atoms with van der Waals surface area (Å²) in [6, 6.07) is -2.89. The summed E-state index contributed by atoms with van der Waals surface area (Å²) >= 11 is 4.86. The number of alkyl halides is 2. The molecule has 0 aliphatic rings. The molecule has 0 saturated heterocycles. The van der Waals surface area contributed by atoms with Crippen LogP contribution in [0.3, 0.4) is 0 Å². The fourth-order valence-corrected chi connectivity index (χ4v) is 0.331. The van der Waals surface area contributed by atoms with E-state index in [0.717, 1.165) is 0 Å². The van der Waals surface area contributed by atoms with E-state index in [2.05, 4.69) is 4.74 Å². The molecule has 0 saturated carbocycles. The van der Waals surface area contributed by atoms with Gasteiger partial charge in [-0.25, -0.2) is 0 Å². The van der Waals surface area contributed by atoms with Crippen molar-refractivity contribution in [3.63, 3.8) is 0 Å². The van der Waals surface area contributed by atoms with Crippen LogP contribution < -0.4 is 0 Å². The fraction of sp³-hybridized carbons (Fsp3) is 1.00. The van der Waals surface area contributed by atoms with Gasteiger partial charge in [0.2, 0.25) is 0 Å². The summed E-state index contributed by atoms with van der Waals surface area (Å²) in [6.45, 7) is 1.57. The van der Waals surface area contributed by atoms with Gasteiger partial charge >= 0.3 is 6.04 Å². The molecular formula is C4H7ClFO2. The van der Waals surface area contributed by atoms with Crippen LogP contribution in [0.5, 0.6) is 0 Å². The minimum atomic E-state index is -2.89. The van der Waals surface area contributed by atoms with Gasteiger partial charge in [-0.2, -0.15) is 9.50 Å². The third-order valence-corrected chi connectivity index (χ3v) is 0.839. The molecule has 4 heteroatoms. The van der Waals surface area contributed by atoms with Crippen LogP contribution in [0, 0.1) is 0 Å². The molecule has 0 aromatic heterocycles. The second-order valence-electron chi connectivity index (χ2n) is 1.23. The van der Waals surface area contributed by atoms with E-state index in [-0.39, 0.29) is 6.61 Å². The standard InChI is InChI=1S/C4H7ClFO2/c1-2-8-4(6,7)3-5/h2-3H2,1H3. The van der Waals surface area contributed by atoms with Crippen LogP contribution in [0.2, 0.25) is 0 Å². The van der Waals surface area contributed by atoms with Crippen molar-refractivity contribution in [2.75, 3.05) is 12.5 Å². The van der Waals surface area contributed by atoms with E-state index in [4.69, 9.17) is 11.6 Å². The largest absolute Gasteiger partial charge is 0.361 e. The molecule has 0 aromatic rings. The van der Waals surface area contributed by atoms with E-state index in [1.807, 2.05) is 0 Å². The lowest BCUT2D eigenvalue weighted by Gasteiger charge is -2.10. The number of hydrogen-bond acceptors (Lipinski definition) is 1. The summed E-state index contributed by atoms with van der Waals surface area (Å²) in [5.41, 5.74) is 0. The molecule has 49 valence electrons. The van der Waals surface area contributed by atoms with Gasteiger partial charge < -0.3 is 4.74 Å². The Morgan fingerprint density at radius 3 is 2.50 bits per heavy atom. The molecule has 0 fully saturated rings. The average Bonchev–Trinajstić information content (AvgIpc) is 1.67. The first kappa shape index (κ1) is 8.14. The van der Waals surface area contributed by atoms with E-state index < -0.39 is 11.9 Å². The zero-order valence-electron chi connectivity index (χ0n) is 4.49. The van der Waals surface area contributed by atoms with Crippen molar-refractivity contribution < 1.29 is 14.2 Å². The van der Waals surface area contributed by atoms with Crippen molar-refractivity contribution in [1.82, 2.24) is 0 Å². The van der Waals surface area contributed by atoms with E-state index in [1.54, 1.807) is 0 Å². The van der Waals surface area contributed by atoms with Crippen LogP contribution in [0.4, 0.5) is 4.39 Å². The first-order chi connectivity index (χ1) is 3.62. The van der Waals surface area contributed by atoms with Crippen LogP contribution in [0.15, 0.2) is 0 Å². The van der Waals surface area contributed by atoms with E-state index in [9.17, 15) is 9.50 Å². The number of rotatable bonds is 3. The Morgan fingerprint density at radius 1 is 1.88 bits per heavy atom. The number of hydrogen-bond donors (Lipinski definition) is 0. The second-order valence-corrected chi connectivity index (χ2v) is 1.49. The first-order valence-electron chi connectivity index (χ1n) is 2.21. The van der Waals surface area contributed by atoms with Crippen LogP contribution >= 0.6 is 11.6 Å². The normalized spacial score (nSPS) is 18.0. The van der Waals surface area contributed by atoms with Gasteiger partial charge in [-0.15, -0.1) is 11.6 Å². The lowest BCUT2D eigenvalue weighted by Crippen LogP contribution is -2.26. The van der Waals surface area contributed by atoms with Gasteiger partial charge in [0.15, 0.2) is 0 Å². The topological polar surface area (TPSA) is 29.1 Å². The quantitative estimate of drug-likeness (QED) is 0.431. The highest BCUT2D eigenvalue weighted by molar-refractivity contribution is 6.18. The molecule has 1 atom stereocenters. The number of halogens is 2. The van der Waals surface area contributed by atoms with E-state index in [0.29, 0.717) is 0 Å². The monoisotopic (exact) mass is 141 g/mol. The molecule has 0 heterocycles. The summed E-state index contributed by atoms with van der Waals surface area (Å²) in [6.07, 6.45) is 0. The van der Waals surface area contributed by atoms with Crippen LogP contribution in [0.1, 0.15) is 6.92 Å². The smallest absolute Gasteiger partial charge is 0.322 e. The maximum atomic E-state index is 11.9. The number of ether oxygens (including phenoxy) is 1. The van der Waals surface area contributed by atoms with Gasteiger partial charge in [-0.05, 0) is 6.92 Å². The third kappa shape index (κ3) is 3.18. The average molecular weight is 142 g/mol. The maximum absolute atomic E-state index is 11.9. The minimum Gasteiger partial charge on any atom is -0.322 e. The van der Waals surface area contributed by atoms with E-state index >= 15 is 0 Å². The highest BCUT2D eigenvalue weighted by atomic mass is 35.5. The SMILES string of the molecule is CCOC([O])(F)CCl. The highest BCUT2D eigenvalue weighted by Gasteiger charge is 2.26. The summed E-state index contributed by atoms with van der Waals surface area (Å²) in [7, 11) is 0. The van der Waals surface area contributed by atoms with Crippen molar-refractivity contribution in [3.05, 3.63) is 0 Å². The Balaban J connectivity index is 3.37. The maximum Gasteiger partial charge on any atom is 0.361 e. The molecule has 1 unspecified atom stereocenters. The Hall–Kier alpha value is 0.140. The molecule has 1 radical (unpaired) electrons. The van der Waals surface area contributed by atoms with Gasteiger partial charge in [0.1, 0.15) is 5.88 Å². The van der Waals surface area contributed by atoms with Gasteiger partial charge in [0, 0.05) is 0 Å². The molecule has 2 nitrogen and oxygen atoms in total. The Kier molecular flexibility index (Phi) is 3.28. The second kappa shape index (κ2) is 3.22. The molecule has 0 aromatic carbocycles. The Bertz CT molecular complexity index is 67.1. The van der Waals surface area contributed by atoms with Crippen molar-refractivity contribution in [1.29, 1.82) is 0 Å². The molecule has 0 spiro atoms. The highest BCUT2D eigenvalue weighted by Crippen LogP contribution is 2.10. The fourth-order valence-electron chi connectivity index (χ4n) is 0.254. The van der Waals surface area contributed by atoms with Crippen molar-refractivity contribution >= 4 is 11.6 Å². The molecule has 8 heavy (non-hydrogen) atoms. The molecular weight excluding hydrogens is 134 g/mol. The zero-order chi connectivity index (χ0) is 6.62. The molecule has 0 bridgehead atoms. The predicted molar refractivity (Wildman–Crippen MR) is 26.9 cm³/mol. The third-order valence-electron chi connectivity index (χ3n) is 0.519. The summed E-state index contributed by atoms with van der Waals surface area (Å²) in [5, 5.41) is 10.1. The van der Waals surface area contributed by atoms with Gasteiger partial charge in [-0.1, -0.05) is 0 Å². The van der Waals surface area contributed by atoms with Crippen molar-refractivity contribution in [2.45, 2.75) is 13.0 Å². The molecule has 0 aliphatic heterocycles. The predicted octanol–water partition coefficient (Wildman–Crippen LogP) is 1.32. The first-order valence-corrected chi connectivity index (χ1v) is 2.75. The molecule has 0 amide bonds. The Labute approximate surface area is 52.2 Å². The van der Waals surface area contributed by atoms with Gasteiger partial charge in [0.25, 0.3) is 0 Å². The van der Waals surface area contributed by atoms with Crippen molar-refractivity contribution in [3.8, 4) is 0 Å². The van der Waals surface area contributed by atoms with Crippen LogP contribution in [-0.4, -0.2) is 18.5 Å². The minimum absolute atomic E-state index is 0.0483. The van der Waals surface area contributed by atoms with E-state index in [1.165, 1.54) is 6.92 Å². The lowest BCUT2D eigenvalue weighted by atomic mass is 10.7. The molecule has 0 aliphatic carbocycles. The van der Waals surface area contributed by atoms with Crippen molar-refractivity contribution in [2.24, 2.45) is 0 Å². The molecule has 0 N–H and O–H groups in total. The van der Waals surface area contributed by atoms with Crippen LogP contribution in [-0.2, 0) is 9.84 Å². The summed E-state index contributed by atoms with van der Waals surface area (Å²) in [5.74, 6) is -0.666. The van der Waals surface area contributed by atoms with Gasteiger partial charge in [0.05, 0.1) is 6.61 Å². The molecule has 0 rings (SSSR count). The van der Waals surface area contributed by atoms with Gasteiger partial charge in [-0.3, -0.25) is 0 Å². The lowest BCUT2D eigenvalue weighted by molar-refractivity contribution is -0.305. The zero-order valence-corrected chi connectivity index (χ0v) is 5.24. The van der Waals surface area contributed by atoms with Crippen LogP contribution in [0.25, 0.3) is 0 Å². The summed E-state index contributed by atoms with van der Waals surface area (Å²) in [4.78, 5) is 0. The Morgan fingerprint density at radius 2 is 2.38 bits per heavy atom. The summed E-state index contributed by atoms with van der Waals surface area (Å²) < 4.78 is 15.9.